The molecule has 2 N–H and O–H groups in total. The number of benzene rings is 1. The number of carbonyl (C=O) groups excluding carboxylic acids is 1. The number of aromatic nitrogens is 2. The molecule has 3 rings (SSSR count). The molecule has 0 aliphatic rings. The van der Waals surface area contributed by atoms with Gasteiger partial charge in [-0.15, -0.1) is 0 Å². The molecule has 1 aromatic carbocycles. The summed E-state index contributed by atoms with van der Waals surface area (Å²) in [6, 6.07) is 14.8. The lowest BCUT2D eigenvalue weighted by Gasteiger charge is -2.11. The Kier molecular flexibility index (Phi) is 5.77. The fraction of sp³-hybridized carbons (Fsp3) is 0.150. The van der Waals surface area contributed by atoms with E-state index in [9.17, 15) is 4.79 Å². The third kappa shape index (κ3) is 4.57. The fourth-order valence-electron chi connectivity index (χ4n) is 2.46. The molecule has 0 atom stereocenters. The van der Waals surface area contributed by atoms with Gasteiger partial charge in [0.05, 0.1) is 12.7 Å². The van der Waals surface area contributed by atoms with Crippen molar-refractivity contribution in [2.24, 2.45) is 0 Å². The molecule has 3 aromatic rings. The summed E-state index contributed by atoms with van der Waals surface area (Å²) in [5.74, 6) is 1.12. The van der Waals surface area contributed by atoms with E-state index in [4.69, 9.17) is 4.74 Å². The monoisotopic (exact) mass is 348 g/mol. The van der Waals surface area contributed by atoms with Crippen molar-refractivity contribution < 1.29 is 9.53 Å². The SMILES string of the molecule is COc1ccc(Nc2ncccc2C(=O)NCCc2ccncc2)cc1. The third-order valence-corrected chi connectivity index (χ3v) is 3.85. The van der Waals surface area contributed by atoms with Crippen molar-refractivity contribution in [2.45, 2.75) is 6.42 Å². The van der Waals surface area contributed by atoms with E-state index in [1.54, 1.807) is 37.8 Å². The Morgan fingerprint density at radius 2 is 1.81 bits per heavy atom. The summed E-state index contributed by atoms with van der Waals surface area (Å²) in [6.07, 6.45) is 5.89. The van der Waals surface area contributed by atoms with E-state index in [0.717, 1.165) is 23.4 Å². The van der Waals surface area contributed by atoms with Gasteiger partial charge in [0.15, 0.2) is 0 Å². The maximum atomic E-state index is 12.5. The zero-order valence-electron chi connectivity index (χ0n) is 14.5. The second-order valence-corrected chi connectivity index (χ2v) is 5.61. The number of hydrogen-bond donors (Lipinski definition) is 2. The van der Waals surface area contributed by atoms with Gasteiger partial charge in [-0.3, -0.25) is 9.78 Å². The molecule has 0 aliphatic heterocycles. The number of anilines is 2. The molecule has 1 amide bonds. The van der Waals surface area contributed by atoms with Crippen LogP contribution in [0, 0.1) is 0 Å². The molecule has 0 fully saturated rings. The summed E-state index contributed by atoms with van der Waals surface area (Å²) < 4.78 is 5.15. The van der Waals surface area contributed by atoms with Gasteiger partial charge in [0.1, 0.15) is 11.6 Å². The summed E-state index contributed by atoms with van der Waals surface area (Å²) in [5.41, 5.74) is 2.46. The van der Waals surface area contributed by atoms with Crippen LogP contribution in [0.25, 0.3) is 0 Å². The van der Waals surface area contributed by atoms with E-state index < -0.39 is 0 Å². The molecule has 132 valence electrons. The Morgan fingerprint density at radius 1 is 1.04 bits per heavy atom. The lowest BCUT2D eigenvalue weighted by atomic mass is 10.2. The minimum atomic E-state index is -0.164. The van der Waals surface area contributed by atoms with Gasteiger partial charge in [-0.25, -0.2) is 4.98 Å². The van der Waals surface area contributed by atoms with Crippen molar-refractivity contribution >= 4 is 17.4 Å². The van der Waals surface area contributed by atoms with E-state index in [-0.39, 0.29) is 5.91 Å². The van der Waals surface area contributed by atoms with Crippen LogP contribution < -0.4 is 15.4 Å². The molecule has 6 nitrogen and oxygen atoms in total. The van der Waals surface area contributed by atoms with Crippen molar-refractivity contribution in [2.75, 3.05) is 19.0 Å². The van der Waals surface area contributed by atoms with Crippen molar-refractivity contribution in [3.63, 3.8) is 0 Å². The highest BCUT2D eigenvalue weighted by Gasteiger charge is 2.12. The number of rotatable bonds is 7. The van der Waals surface area contributed by atoms with E-state index >= 15 is 0 Å². The Balaban J connectivity index is 1.64. The fourth-order valence-corrected chi connectivity index (χ4v) is 2.46. The van der Waals surface area contributed by atoms with Crippen LogP contribution >= 0.6 is 0 Å². The van der Waals surface area contributed by atoms with Crippen LogP contribution in [0.5, 0.6) is 5.75 Å². The van der Waals surface area contributed by atoms with Gasteiger partial charge in [0.25, 0.3) is 5.91 Å². The zero-order chi connectivity index (χ0) is 18.2. The van der Waals surface area contributed by atoms with Gasteiger partial charge in [-0.2, -0.15) is 0 Å². The van der Waals surface area contributed by atoms with Crippen LogP contribution in [0.4, 0.5) is 11.5 Å². The molecule has 0 aliphatic carbocycles. The lowest BCUT2D eigenvalue weighted by Crippen LogP contribution is -2.26. The quantitative estimate of drug-likeness (QED) is 0.686. The van der Waals surface area contributed by atoms with Crippen LogP contribution in [0.3, 0.4) is 0 Å². The van der Waals surface area contributed by atoms with Crippen LogP contribution in [0.1, 0.15) is 15.9 Å². The summed E-state index contributed by atoms with van der Waals surface area (Å²) in [4.78, 5) is 20.8. The molecule has 0 unspecified atom stereocenters. The Labute approximate surface area is 152 Å². The largest absolute Gasteiger partial charge is 0.497 e. The standard InChI is InChI=1S/C20H20N4O2/c1-26-17-6-4-16(5-7-17)24-19-18(3-2-11-22-19)20(25)23-14-10-15-8-12-21-13-9-15/h2-9,11-13H,10,14H2,1H3,(H,22,24)(H,23,25). The Morgan fingerprint density at radius 3 is 2.54 bits per heavy atom. The smallest absolute Gasteiger partial charge is 0.255 e. The maximum absolute atomic E-state index is 12.5. The van der Waals surface area contributed by atoms with Crippen molar-refractivity contribution in [1.82, 2.24) is 15.3 Å². The molecule has 26 heavy (non-hydrogen) atoms. The number of ether oxygens (including phenoxy) is 1. The second kappa shape index (κ2) is 8.62. The number of pyridine rings is 2. The van der Waals surface area contributed by atoms with E-state index in [1.165, 1.54) is 0 Å². The summed E-state index contributed by atoms with van der Waals surface area (Å²) in [7, 11) is 1.62. The highest BCUT2D eigenvalue weighted by molar-refractivity contribution is 5.99. The molecule has 0 saturated heterocycles. The number of carbonyl (C=O) groups is 1. The van der Waals surface area contributed by atoms with E-state index in [1.807, 2.05) is 36.4 Å². The molecule has 2 aromatic heterocycles. The van der Waals surface area contributed by atoms with Gasteiger partial charge in [-0.05, 0) is 60.5 Å². The predicted molar refractivity (Wildman–Crippen MR) is 101 cm³/mol. The minimum absolute atomic E-state index is 0.164. The zero-order valence-corrected chi connectivity index (χ0v) is 14.5. The molecule has 2 heterocycles. The highest BCUT2D eigenvalue weighted by Crippen LogP contribution is 2.21. The van der Waals surface area contributed by atoms with Crippen LogP contribution in [-0.2, 0) is 6.42 Å². The molecular formula is C20H20N4O2. The molecule has 0 bridgehead atoms. The first-order valence-corrected chi connectivity index (χ1v) is 8.29. The van der Waals surface area contributed by atoms with E-state index in [0.29, 0.717) is 17.9 Å². The number of methoxy groups -OCH3 is 1. The highest BCUT2D eigenvalue weighted by atomic mass is 16.5. The second-order valence-electron chi connectivity index (χ2n) is 5.61. The normalized spacial score (nSPS) is 10.2. The first-order chi connectivity index (χ1) is 12.8. The average molecular weight is 348 g/mol. The minimum Gasteiger partial charge on any atom is -0.497 e. The van der Waals surface area contributed by atoms with Crippen LogP contribution in [0.15, 0.2) is 67.1 Å². The number of amides is 1. The summed E-state index contributed by atoms with van der Waals surface area (Å²) in [5, 5.41) is 6.11. The maximum Gasteiger partial charge on any atom is 0.255 e. The predicted octanol–water partition coefficient (Wildman–Crippen LogP) is 3.20. The van der Waals surface area contributed by atoms with Gasteiger partial charge in [0, 0.05) is 30.8 Å². The lowest BCUT2D eigenvalue weighted by molar-refractivity contribution is 0.0954. The third-order valence-electron chi connectivity index (χ3n) is 3.85. The van der Waals surface area contributed by atoms with Crippen molar-refractivity contribution in [3.8, 4) is 5.75 Å². The van der Waals surface area contributed by atoms with Crippen LogP contribution in [-0.4, -0.2) is 29.5 Å². The number of hydrogen-bond acceptors (Lipinski definition) is 5. The molecule has 0 radical (unpaired) electrons. The Hall–Kier alpha value is -3.41. The molecule has 0 saturated carbocycles. The molecule has 0 spiro atoms. The van der Waals surface area contributed by atoms with Gasteiger partial charge in [-0.1, -0.05) is 0 Å². The Bertz CT molecular complexity index is 851. The summed E-state index contributed by atoms with van der Waals surface area (Å²) in [6.45, 7) is 0.541. The van der Waals surface area contributed by atoms with Crippen molar-refractivity contribution in [3.05, 3.63) is 78.2 Å². The van der Waals surface area contributed by atoms with Gasteiger partial charge in [0.2, 0.25) is 0 Å². The van der Waals surface area contributed by atoms with Gasteiger partial charge < -0.3 is 15.4 Å². The molecular weight excluding hydrogens is 328 g/mol. The number of nitrogens with zero attached hydrogens (tertiary/aromatic N) is 2. The topological polar surface area (TPSA) is 76.1 Å². The van der Waals surface area contributed by atoms with Crippen LogP contribution in [0.2, 0.25) is 0 Å². The van der Waals surface area contributed by atoms with E-state index in [2.05, 4.69) is 20.6 Å². The van der Waals surface area contributed by atoms with Crippen molar-refractivity contribution in [1.29, 1.82) is 0 Å². The average Bonchev–Trinajstić information content (AvgIpc) is 2.70. The van der Waals surface area contributed by atoms with Gasteiger partial charge >= 0.3 is 0 Å². The number of nitrogens with one attached hydrogen (secondary N) is 2. The first kappa shape index (κ1) is 17.4. The first-order valence-electron chi connectivity index (χ1n) is 8.29. The molecule has 6 heteroatoms. The summed E-state index contributed by atoms with van der Waals surface area (Å²) >= 11 is 0.